The van der Waals surface area contributed by atoms with Crippen LogP contribution in [-0.2, 0) is 6.18 Å². The predicted molar refractivity (Wildman–Crippen MR) is 75.9 cm³/mol. The Bertz CT molecular complexity index is 791. The molecular weight excluding hydrogens is 329 g/mol. The minimum atomic E-state index is -4.65. The van der Waals surface area contributed by atoms with Gasteiger partial charge in [-0.15, -0.1) is 4.73 Å². The number of nitroso groups, excluding NO2 is 1. The highest BCUT2D eigenvalue weighted by Crippen LogP contribution is 2.28. The fraction of sp³-hybridized carbons (Fsp3) is 0.200. The van der Waals surface area contributed by atoms with E-state index < -0.39 is 30.0 Å². The molecule has 0 unspecified atom stereocenters. The fourth-order valence-corrected chi connectivity index (χ4v) is 1.84. The maximum absolute atomic E-state index is 12.5. The summed E-state index contributed by atoms with van der Waals surface area (Å²) in [5.74, 6) is -0.966. The molecule has 2 aromatic rings. The molecule has 0 N–H and O–H groups in total. The third-order valence-electron chi connectivity index (χ3n) is 3.09. The number of aromatic nitrogens is 1. The number of hydrogen-bond acceptors (Lipinski definition) is 4. The quantitative estimate of drug-likeness (QED) is 0.476. The number of carbonyl (C=O) groups is 1. The van der Waals surface area contributed by atoms with Crippen LogP contribution >= 0.6 is 0 Å². The highest BCUT2D eigenvalue weighted by Gasteiger charge is 2.33. The summed E-state index contributed by atoms with van der Waals surface area (Å²) in [6.07, 6.45) is -4.32. The molecule has 0 radical (unpaired) electrons. The van der Waals surface area contributed by atoms with Crippen molar-refractivity contribution in [1.82, 2.24) is 0 Å². The monoisotopic (exact) mass is 341 g/mol. The number of hydrogen-bond donors (Lipinski definition) is 0. The van der Waals surface area contributed by atoms with Gasteiger partial charge in [0.25, 0.3) is 5.69 Å². The minimum Gasteiger partial charge on any atom is -0.616 e. The standard InChI is InChI=1S/C15H12F3N2O4/c1-19(22)12-4-2-3-10(7-12)13(21)9-24-14-6-5-11(8-20(14)23)15(16,17)18/h2-8H,9H2,1H3/q+1. The van der Waals surface area contributed by atoms with Crippen molar-refractivity contribution in [3.8, 4) is 5.88 Å². The van der Waals surface area contributed by atoms with Crippen LogP contribution in [0.4, 0.5) is 18.9 Å². The zero-order chi connectivity index (χ0) is 17.9. The summed E-state index contributed by atoms with van der Waals surface area (Å²) >= 11 is 0. The Morgan fingerprint density at radius 3 is 2.58 bits per heavy atom. The second-order valence-corrected chi connectivity index (χ2v) is 4.84. The summed E-state index contributed by atoms with van der Waals surface area (Å²) in [5.41, 5.74) is -0.684. The maximum Gasteiger partial charge on any atom is 0.422 e. The summed E-state index contributed by atoms with van der Waals surface area (Å²) in [5, 5.41) is 11.5. The molecule has 1 heterocycles. The average Bonchev–Trinajstić information content (AvgIpc) is 2.52. The molecule has 0 aliphatic carbocycles. The van der Waals surface area contributed by atoms with Crippen molar-refractivity contribution in [1.29, 1.82) is 0 Å². The largest absolute Gasteiger partial charge is 0.616 e. The van der Waals surface area contributed by atoms with Gasteiger partial charge in [0.1, 0.15) is 5.56 Å². The lowest BCUT2D eigenvalue weighted by molar-refractivity contribution is -0.613. The molecule has 2 rings (SSSR count). The van der Waals surface area contributed by atoms with Gasteiger partial charge in [-0.3, -0.25) is 4.79 Å². The van der Waals surface area contributed by atoms with Crippen LogP contribution in [0.1, 0.15) is 15.9 Å². The third kappa shape index (κ3) is 4.06. The number of rotatable bonds is 5. The third-order valence-corrected chi connectivity index (χ3v) is 3.09. The Hall–Kier alpha value is -2.97. The molecule has 1 aromatic heterocycles. The smallest absolute Gasteiger partial charge is 0.422 e. The number of carbonyl (C=O) groups excluding carboxylic acids is 1. The Balaban J connectivity index is 2.09. The molecule has 24 heavy (non-hydrogen) atoms. The van der Waals surface area contributed by atoms with Gasteiger partial charge in [-0.05, 0) is 6.07 Å². The first-order valence-corrected chi connectivity index (χ1v) is 6.66. The van der Waals surface area contributed by atoms with Gasteiger partial charge in [0.15, 0.2) is 19.9 Å². The van der Waals surface area contributed by atoms with Gasteiger partial charge in [0.05, 0.1) is 6.07 Å². The number of ether oxygens (including phenoxy) is 1. The summed E-state index contributed by atoms with van der Waals surface area (Å²) in [6.45, 7) is -0.556. The molecule has 0 saturated heterocycles. The van der Waals surface area contributed by atoms with Crippen molar-refractivity contribution in [2.24, 2.45) is 0 Å². The van der Waals surface area contributed by atoms with E-state index in [1.807, 2.05) is 0 Å². The van der Waals surface area contributed by atoms with Crippen LogP contribution in [0.2, 0.25) is 0 Å². The van der Waals surface area contributed by atoms with E-state index in [4.69, 9.17) is 4.74 Å². The molecule has 0 aliphatic rings. The normalized spacial score (nSPS) is 11.2. The molecular formula is C15H12F3N2O4+. The number of pyridine rings is 1. The SMILES string of the molecule is C[N+](=O)c1cccc(C(=O)COc2ccc(C(F)(F)F)c[n+]2[O-])c1. The van der Waals surface area contributed by atoms with E-state index in [9.17, 15) is 28.1 Å². The van der Waals surface area contributed by atoms with Gasteiger partial charge in [0.2, 0.25) is 5.78 Å². The first-order chi connectivity index (χ1) is 11.2. The Morgan fingerprint density at radius 1 is 1.29 bits per heavy atom. The van der Waals surface area contributed by atoms with Gasteiger partial charge in [0, 0.05) is 27.4 Å². The second kappa shape index (κ2) is 6.65. The zero-order valence-corrected chi connectivity index (χ0v) is 12.4. The topological polar surface area (TPSA) is 73.3 Å². The van der Waals surface area contributed by atoms with Crippen LogP contribution in [-0.4, -0.2) is 24.2 Å². The summed E-state index contributed by atoms with van der Waals surface area (Å²) in [7, 11) is 1.27. The molecule has 0 aliphatic heterocycles. The molecule has 9 heteroatoms. The number of ketones is 1. The number of Topliss-reactive ketones (excluding diaryl/α,β-unsaturated/α-hetero) is 1. The first kappa shape index (κ1) is 17.4. The lowest BCUT2D eigenvalue weighted by Crippen LogP contribution is -2.31. The van der Waals surface area contributed by atoms with Gasteiger partial charge in [-0.1, -0.05) is 12.1 Å². The molecule has 0 saturated carbocycles. The molecule has 0 spiro atoms. The van der Waals surface area contributed by atoms with Crippen molar-refractivity contribution >= 4 is 11.5 Å². The number of nitrogens with zero attached hydrogens (tertiary/aromatic N) is 2. The molecule has 126 valence electrons. The molecule has 6 nitrogen and oxygen atoms in total. The van der Waals surface area contributed by atoms with Crippen molar-refractivity contribution in [3.63, 3.8) is 0 Å². The number of halogens is 3. The lowest BCUT2D eigenvalue weighted by atomic mass is 10.1. The van der Waals surface area contributed by atoms with Crippen molar-refractivity contribution in [2.75, 3.05) is 13.7 Å². The molecule has 1 aromatic carbocycles. The molecule has 0 fully saturated rings. The first-order valence-electron chi connectivity index (χ1n) is 6.66. The van der Waals surface area contributed by atoms with Crippen LogP contribution in [0.25, 0.3) is 0 Å². The highest BCUT2D eigenvalue weighted by molar-refractivity contribution is 5.97. The van der Waals surface area contributed by atoms with E-state index in [2.05, 4.69) is 0 Å². The van der Waals surface area contributed by atoms with Crippen molar-refractivity contribution in [2.45, 2.75) is 6.18 Å². The van der Waals surface area contributed by atoms with Crippen LogP contribution < -0.4 is 9.47 Å². The Labute approximate surface area is 134 Å². The van der Waals surface area contributed by atoms with E-state index in [0.29, 0.717) is 17.0 Å². The Kier molecular flexibility index (Phi) is 4.82. The van der Waals surface area contributed by atoms with Gasteiger partial charge >= 0.3 is 12.1 Å². The van der Waals surface area contributed by atoms with E-state index >= 15 is 0 Å². The van der Waals surface area contributed by atoms with E-state index in [1.54, 1.807) is 0 Å². The summed E-state index contributed by atoms with van der Waals surface area (Å²) < 4.78 is 42.8. The zero-order valence-electron chi connectivity index (χ0n) is 12.4. The minimum absolute atomic E-state index is 0.0993. The van der Waals surface area contributed by atoms with Crippen LogP contribution in [0.5, 0.6) is 5.88 Å². The van der Waals surface area contributed by atoms with Gasteiger partial charge < -0.3 is 9.94 Å². The Morgan fingerprint density at radius 2 is 2.00 bits per heavy atom. The lowest BCUT2D eigenvalue weighted by Gasteiger charge is -2.09. The predicted octanol–water partition coefficient (Wildman–Crippen LogP) is 2.64. The van der Waals surface area contributed by atoms with Gasteiger partial charge in [-0.2, -0.15) is 13.2 Å². The van der Waals surface area contributed by atoms with E-state index in [1.165, 1.54) is 31.3 Å². The van der Waals surface area contributed by atoms with Crippen molar-refractivity contribution < 1.29 is 32.2 Å². The van der Waals surface area contributed by atoms with E-state index in [0.717, 1.165) is 6.07 Å². The molecule has 0 bridgehead atoms. The molecule has 0 atom stereocenters. The molecule has 0 amide bonds. The highest BCUT2D eigenvalue weighted by atomic mass is 19.4. The van der Waals surface area contributed by atoms with Crippen molar-refractivity contribution in [3.05, 3.63) is 63.8 Å². The average molecular weight is 341 g/mol. The van der Waals surface area contributed by atoms with E-state index in [-0.39, 0.29) is 16.0 Å². The second-order valence-electron chi connectivity index (χ2n) is 4.84. The van der Waals surface area contributed by atoms with Crippen LogP contribution in [0, 0.1) is 10.1 Å². The van der Waals surface area contributed by atoms with Crippen LogP contribution in [0.15, 0.2) is 42.6 Å². The van der Waals surface area contributed by atoms with Gasteiger partial charge in [-0.25, -0.2) is 0 Å². The fourth-order valence-electron chi connectivity index (χ4n) is 1.84. The van der Waals surface area contributed by atoms with Crippen LogP contribution in [0.3, 0.4) is 0 Å². The number of alkyl halides is 3. The maximum atomic E-state index is 12.5. The number of benzene rings is 1. The summed E-state index contributed by atoms with van der Waals surface area (Å²) in [6, 6.07) is 7.33. The summed E-state index contributed by atoms with van der Waals surface area (Å²) in [4.78, 5) is 23.2.